The maximum absolute atomic E-state index is 5.47. The second kappa shape index (κ2) is 5.39. The lowest BCUT2D eigenvalue weighted by Gasteiger charge is -2.06. The molecule has 1 nitrogen and oxygen atoms in total. The van der Waals surface area contributed by atoms with E-state index in [0.29, 0.717) is 6.04 Å². The second-order valence-electron chi connectivity index (χ2n) is 2.02. The molecule has 1 N–H and O–H groups in total. The summed E-state index contributed by atoms with van der Waals surface area (Å²) in [5.74, 6) is 0.784. The van der Waals surface area contributed by atoms with Crippen LogP contribution in [0.4, 0.5) is 0 Å². The molecule has 0 rings (SSSR count). The SMILES string of the molecule is CNC(C)CCCCl. The Morgan fingerprint density at radius 3 is 2.62 bits per heavy atom. The predicted molar refractivity (Wildman–Crippen MR) is 38.5 cm³/mol. The molecule has 0 fully saturated rings. The van der Waals surface area contributed by atoms with Crippen LogP contribution in [0.3, 0.4) is 0 Å². The van der Waals surface area contributed by atoms with Crippen LogP contribution in [-0.2, 0) is 0 Å². The zero-order valence-electron chi connectivity index (χ0n) is 5.58. The summed E-state index contributed by atoms with van der Waals surface area (Å²) in [7, 11) is 1.97. The minimum atomic E-state index is 0.619. The van der Waals surface area contributed by atoms with Gasteiger partial charge in [0.15, 0.2) is 0 Å². The van der Waals surface area contributed by atoms with E-state index in [1.54, 1.807) is 0 Å². The van der Waals surface area contributed by atoms with Gasteiger partial charge in [-0.05, 0) is 26.8 Å². The minimum absolute atomic E-state index is 0.619. The van der Waals surface area contributed by atoms with Crippen molar-refractivity contribution in [3.8, 4) is 0 Å². The first-order valence-electron chi connectivity index (χ1n) is 3.04. The van der Waals surface area contributed by atoms with Crippen molar-refractivity contribution < 1.29 is 0 Å². The van der Waals surface area contributed by atoms with Gasteiger partial charge in [-0.2, -0.15) is 0 Å². The Labute approximate surface area is 56.4 Å². The normalized spacial score (nSPS) is 13.9. The molecule has 0 radical (unpaired) electrons. The first-order valence-corrected chi connectivity index (χ1v) is 3.58. The molecule has 0 aromatic heterocycles. The number of alkyl halides is 1. The number of hydrogen-bond acceptors (Lipinski definition) is 1. The summed E-state index contributed by atoms with van der Waals surface area (Å²) in [6, 6.07) is 0.619. The van der Waals surface area contributed by atoms with E-state index in [4.69, 9.17) is 11.6 Å². The minimum Gasteiger partial charge on any atom is -0.317 e. The number of halogens is 1. The Kier molecular flexibility index (Phi) is 5.56. The van der Waals surface area contributed by atoms with Crippen LogP contribution in [0.25, 0.3) is 0 Å². The van der Waals surface area contributed by atoms with E-state index in [1.165, 1.54) is 6.42 Å². The fourth-order valence-electron chi connectivity index (χ4n) is 0.528. The lowest BCUT2D eigenvalue weighted by atomic mass is 10.2. The summed E-state index contributed by atoms with van der Waals surface area (Å²) in [4.78, 5) is 0. The van der Waals surface area contributed by atoms with Gasteiger partial charge in [-0.25, -0.2) is 0 Å². The van der Waals surface area contributed by atoms with Crippen LogP contribution in [0, 0.1) is 0 Å². The molecular formula is C6H14ClN. The summed E-state index contributed by atoms with van der Waals surface area (Å²) in [5.41, 5.74) is 0. The van der Waals surface area contributed by atoms with Crippen molar-refractivity contribution in [1.82, 2.24) is 5.32 Å². The number of rotatable bonds is 4. The van der Waals surface area contributed by atoms with Crippen LogP contribution in [0.15, 0.2) is 0 Å². The molecule has 8 heavy (non-hydrogen) atoms. The lowest BCUT2D eigenvalue weighted by molar-refractivity contribution is 0.559. The molecule has 0 amide bonds. The molecule has 1 atom stereocenters. The number of nitrogens with one attached hydrogen (secondary N) is 1. The maximum atomic E-state index is 5.47. The topological polar surface area (TPSA) is 12.0 Å². The Bertz CT molecular complexity index is 47.8. The average Bonchev–Trinajstić information content (AvgIpc) is 1.83. The zero-order valence-corrected chi connectivity index (χ0v) is 6.33. The highest BCUT2D eigenvalue weighted by Crippen LogP contribution is 1.95. The summed E-state index contributed by atoms with van der Waals surface area (Å²) >= 11 is 5.47. The summed E-state index contributed by atoms with van der Waals surface area (Å²) in [6.07, 6.45) is 2.30. The third-order valence-electron chi connectivity index (χ3n) is 1.26. The molecule has 0 heterocycles. The largest absolute Gasteiger partial charge is 0.317 e. The van der Waals surface area contributed by atoms with E-state index in [1.807, 2.05) is 7.05 Å². The molecule has 0 bridgehead atoms. The van der Waals surface area contributed by atoms with Crippen molar-refractivity contribution in [2.75, 3.05) is 12.9 Å². The quantitative estimate of drug-likeness (QED) is 0.578. The molecule has 1 unspecified atom stereocenters. The van der Waals surface area contributed by atoms with Gasteiger partial charge >= 0.3 is 0 Å². The van der Waals surface area contributed by atoms with Crippen molar-refractivity contribution in [3.05, 3.63) is 0 Å². The van der Waals surface area contributed by atoms with Gasteiger partial charge < -0.3 is 5.32 Å². The Hall–Kier alpha value is 0.250. The zero-order chi connectivity index (χ0) is 6.41. The highest BCUT2D eigenvalue weighted by atomic mass is 35.5. The lowest BCUT2D eigenvalue weighted by Crippen LogP contribution is -2.20. The molecule has 50 valence electrons. The molecule has 0 aliphatic carbocycles. The summed E-state index contributed by atoms with van der Waals surface area (Å²) < 4.78 is 0. The second-order valence-corrected chi connectivity index (χ2v) is 2.40. The highest BCUT2D eigenvalue weighted by molar-refractivity contribution is 6.17. The van der Waals surface area contributed by atoms with E-state index in [0.717, 1.165) is 12.3 Å². The van der Waals surface area contributed by atoms with Crippen LogP contribution in [0.5, 0.6) is 0 Å². The molecule has 0 aliphatic rings. The Morgan fingerprint density at radius 2 is 2.25 bits per heavy atom. The van der Waals surface area contributed by atoms with Gasteiger partial charge in [0.05, 0.1) is 0 Å². The van der Waals surface area contributed by atoms with Gasteiger partial charge in [-0.1, -0.05) is 0 Å². The average molecular weight is 136 g/mol. The van der Waals surface area contributed by atoms with Crippen LogP contribution in [0.2, 0.25) is 0 Å². The van der Waals surface area contributed by atoms with Crippen molar-refractivity contribution in [2.24, 2.45) is 0 Å². The van der Waals surface area contributed by atoms with E-state index in [-0.39, 0.29) is 0 Å². The molecule has 0 saturated carbocycles. The molecule has 0 aromatic rings. The third-order valence-corrected chi connectivity index (χ3v) is 1.53. The van der Waals surface area contributed by atoms with Crippen molar-refractivity contribution >= 4 is 11.6 Å². The molecule has 2 heteroatoms. The van der Waals surface area contributed by atoms with Crippen LogP contribution < -0.4 is 5.32 Å². The maximum Gasteiger partial charge on any atom is 0.0224 e. The predicted octanol–water partition coefficient (Wildman–Crippen LogP) is 1.61. The molecule has 0 saturated heterocycles. The fraction of sp³-hybridized carbons (Fsp3) is 1.00. The van der Waals surface area contributed by atoms with Crippen LogP contribution in [-0.4, -0.2) is 19.0 Å². The first kappa shape index (κ1) is 8.25. The Morgan fingerprint density at radius 1 is 1.62 bits per heavy atom. The van der Waals surface area contributed by atoms with Crippen LogP contribution >= 0.6 is 11.6 Å². The van der Waals surface area contributed by atoms with E-state index < -0.39 is 0 Å². The monoisotopic (exact) mass is 135 g/mol. The van der Waals surface area contributed by atoms with Crippen molar-refractivity contribution in [2.45, 2.75) is 25.8 Å². The van der Waals surface area contributed by atoms with Gasteiger partial charge in [0.1, 0.15) is 0 Å². The van der Waals surface area contributed by atoms with E-state index >= 15 is 0 Å². The summed E-state index contributed by atoms with van der Waals surface area (Å²) in [5, 5.41) is 3.14. The fourth-order valence-corrected chi connectivity index (χ4v) is 0.682. The smallest absolute Gasteiger partial charge is 0.0224 e. The van der Waals surface area contributed by atoms with Crippen molar-refractivity contribution in [1.29, 1.82) is 0 Å². The first-order chi connectivity index (χ1) is 3.81. The van der Waals surface area contributed by atoms with Gasteiger partial charge in [0, 0.05) is 11.9 Å². The Balaban J connectivity index is 2.86. The number of hydrogen-bond donors (Lipinski definition) is 1. The molecule has 0 spiro atoms. The molecule has 0 aliphatic heterocycles. The van der Waals surface area contributed by atoms with Gasteiger partial charge in [0.25, 0.3) is 0 Å². The van der Waals surface area contributed by atoms with E-state index in [2.05, 4.69) is 12.2 Å². The van der Waals surface area contributed by atoms with Gasteiger partial charge in [-0.15, -0.1) is 11.6 Å². The van der Waals surface area contributed by atoms with Crippen LogP contribution in [0.1, 0.15) is 19.8 Å². The van der Waals surface area contributed by atoms with Gasteiger partial charge in [-0.3, -0.25) is 0 Å². The van der Waals surface area contributed by atoms with Crippen molar-refractivity contribution in [3.63, 3.8) is 0 Å². The van der Waals surface area contributed by atoms with Gasteiger partial charge in [0.2, 0.25) is 0 Å². The molecular weight excluding hydrogens is 122 g/mol. The molecule has 0 aromatic carbocycles. The highest BCUT2D eigenvalue weighted by Gasteiger charge is 1.94. The standard InChI is InChI=1S/C6H14ClN/c1-6(8-2)4-3-5-7/h6,8H,3-5H2,1-2H3. The third kappa shape index (κ3) is 4.41. The van der Waals surface area contributed by atoms with E-state index in [9.17, 15) is 0 Å². The summed E-state index contributed by atoms with van der Waals surface area (Å²) in [6.45, 7) is 2.16.